The largest absolute Gasteiger partial charge is 0.464 e. The standard InChI is InChI=1S/C32H27ClO3P/c1-2-35-32(34)31-29(24-18-20-25(33)21-19-24)22-36-30(31)23-37(26-12-6-3-7-13-26,27-14-8-4-9-15-27)28-16-10-5-11-17-28/h3-22H,2,23H2,1H3/q+1. The molecule has 0 spiro atoms. The molecule has 3 nitrogen and oxygen atoms in total. The maximum absolute atomic E-state index is 13.4. The van der Waals surface area contributed by atoms with Gasteiger partial charge in [-0.3, -0.25) is 0 Å². The summed E-state index contributed by atoms with van der Waals surface area (Å²) in [6, 6.07) is 39.0. The molecule has 0 unspecified atom stereocenters. The first kappa shape index (κ1) is 25.0. The van der Waals surface area contributed by atoms with Crippen LogP contribution in [-0.4, -0.2) is 12.6 Å². The van der Waals surface area contributed by atoms with Gasteiger partial charge < -0.3 is 9.15 Å². The van der Waals surface area contributed by atoms with E-state index in [1.807, 2.05) is 49.4 Å². The number of rotatable bonds is 8. The molecule has 0 radical (unpaired) electrons. The van der Waals surface area contributed by atoms with E-state index in [2.05, 4.69) is 72.8 Å². The summed E-state index contributed by atoms with van der Waals surface area (Å²) >= 11 is 6.14. The molecule has 5 aromatic rings. The predicted octanol–water partition coefficient (Wildman–Crippen LogP) is 7.27. The van der Waals surface area contributed by atoms with Crippen molar-refractivity contribution in [1.82, 2.24) is 0 Å². The molecular weight excluding hydrogens is 499 g/mol. The molecule has 4 aromatic carbocycles. The topological polar surface area (TPSA) is 39.4 Å². The molecule has 0 saturated carbocycles. The zero-order chi connectivity index (χ0) is 25.7. The second-order valence-electron chi connectivity index (χ2n) is 8.65. The van der Waals surface area contributed by atoms with Crippen LogP contribution in [0.1, 0.15) is 23.0 Å². The minimum Gasteiger partial charge on any atom is -0.464 e. The highest BCUT2D eigenvalue weighted by molar-refractivity contribution is 7.95. The molecule has 0 aliphatic heterocycles. The monoisotopic (exact) mass is 525 g/mol. The summed E-state index contributed by atoms with van der Waals surface area (Å²) in [5, 5.41) is 4.28. The highest BCUT2D eigenvalue weighted by Gasteiger charge is 2.47. The zero-order valence-corrected chi connectivity index (χ0v) is 22.2. The number of esters is 1. The fraction of sp³-hybridized carbons (Fsp3) is 0.0938. The summed E-state index contributed by atoms with van der Waals surface area (Å²) in [4.78, 5) is 13.4. The molecular formula is C32H27ClO3P+. The lowest BCUT2D eigenvalue weighted by Gasteiger charge is -2.27. The van der Waals surface area contributed by atoms with E-state index in [0.717, 1.165) is 5.56 Å². The second kappa shape index (κ2) is 11.2. The Morgan fingerprint density at radius 2 is 1.24 bits per heavy atom. The second-order valence-corrected chi connectivity index (χ2v) is 12.6. The first-order chi connectivity index (χ1) is 18.1. The molecule has 0 aliphatic carbocycles. The van der Waals surface area contributed by atoms with E-state index in [-0.39, 0.29) is 12.6 Å². The third-order valence-corrected chi connectivity index (χ3v) is 11.0. The molecule has 0 saturated heterocycles. The lowest BCUT2D eigenvalue weighted by Crippen LogP contribution is -2.32. The number of hydrogen-bond acceptors (Lipinski definition) is 3. The number of ether oxygens (including phenoxy) is 1. The van der Waals surface area contributed by atoms with Gasteiger partial charge in [-0.05, 0) is 61.0 Å². The molecule has 0 N–H and O–H groups in total. The van der Waals surface area contributed by atoms with Crippen LogP contribution < -0.4 is 15.9 Å². The Bertz CT molecular complexity index is 1370. The Kier molecular flexibility index (Phi) is 7.55. The van der Waals surface area contributed by atoms with Crippen LogP contribution in [0, 0.1) is 0 Å². The van der Waals surface area contributed by atoms with Crippen molar-refractivity contribution in [3.63, 3.8) is 0 Å². The van der Waals surface area contributed by atoms with Crippen LogP contribution in [0.5, 0.6) is 0 Å². The molecule has 184 valence electrons. The highest BCUT2D eigenvalue weighted by atomic mass is 35.5. The number of carbonyl (C=O) groups excluding carboxylic acids is 1. The number of benzene rings is 4. The molecule has 5 heteroatoms. The molecule has 0 fully saturated rings. The van der Waals surface area contributed by atoms with Crippen molar-refractivity contribution in [1.29, 1.82) is 0 Å². The Balaban J connectivity index is 1.76. The van der Waals surface area contributed by atoms with Crippen molar-refractivity contribution in [2.45, 2.75) is 13.1 Å². The van der Waals surface area contributed by atoms with Crippen LogP contribution in [0.25, 0.3) is 11.1 Å². The predicted molar refractivity (Wildman–Crippen MR) is 154 cm³/mol. The van der Waals surface area contributed by atoms with Crippen molar-refractivity contribution in [3.8, 4) is 11.1 Å². The third-order valence-electron chi connectivity index (χ3n) is 6.47. The number of carbonyl (C=O) groups is 1. The van der Waals surface area contributed by atoms with Crippen LogP contribution in [0.4, 0.5) is 0 Å². The Labute approximate surface area is 223 Å². The quantitative estimate of drug-likeness (QED) is 0.158. The first-order valence-corrected chi connectivity index (χ1v) is 14.6. The average molecular weight is 526 g/mol. The summed E-state index contributed by atoms with van der Waals surface area (Å²) in [6.45, 7) is 2.09. The van der Waals surface area contributed by atoms with Gasteiger partial charge in [0.1, 0.15) is 34.9 Å². The first-order valence-electron chi connectivity index (χ1n) is 12.2. The normalized spacial score (nSPS) is 11.3. The summed E-state index contributed by atoms with van der Waals surface area (Å²) < 4.78 is 11.8. The van der Waals surface area contributed by atoms with E-state index < -0.39 is 7.26 Å². The highest BCUT2D eigenvalue weighted by Crippen LogP contribution is 2.59. The van der Waals surface area contributed by atoms with Gasteiger partial charge in [-0.15, -0.1) is 0 Å². The fourth-order valence-electron chi connectivity index (χ4n) is 4.77. The van der Waals surface area contributed by atoms with Gasteiger partial charge >= 0.3 is 5.97 Å². The van der Waals surface area contributed by atoms with Crippen molar-refractivity contribution < 1.29 is 13.9 Å². The third kappa shape index (κ3) is 4.98. The lowest BCUT2D eigenvalue weighted by atomic mass is 10.0. The Morgan fingerprint density at radius 3 is 1.70 bits per heavy atom. The van der Waals surface area contributed by atoms with Gasteiger partial charge in [0.25, 0.3) is 0 Å². The number of halogens is 1. The SMILES string of the molecule is CCOC(=O)c1c(-c2ccc(Cl)cc2)coc1C[P+](c1ccccc1)(c1ccccc1)c1ccccc1. The van der Waals surface area contributed by atoms with Gasteiger partial charge in [0.15, 0.2) is 5.76 Å². The van der Waals surface area contributed by atoms with Gasteiger partial charge in [-0.1, -0.05) is 78.3 Å². The molecule has 0 aliphatic rings. The van der Waals surface area contributed by atoms with Crippen LogP contribution >= 0.6 is 18.9 Å². The summed E-state index contributed by atoms with van der Waals surface area (Å²) in [6.07, 6.45) is 2.20. The van der Waals surface area contributed by atoms with Gasteiger partial charge in [-0.2, -0.15) is 0 Å². The maximum atomic E-state index is 13.4. The molecule has 0 bridgehead atoms. The van der Waals surface area contributed by atoms with Crippen molar-refractivity contribution >= 4 is 40.7 Å². The Morgan fingerprint density at radius 1 is 0.757 bits per heavy atom. The van der Waals surface area contributed by atoms with Gasteiger partial charge in [0.2, 0.25) is 0 Å². The van der Waals surface area contributed by atoms with Crippen LogP contribution in [0.3, 0.4) is 0 Å². The number of hydrogen-bond donors (Lipinski definition) is 0. The molecule has 1 heterocycles. The molecule has 0 atom stereocenters. The van der Waals surface area contributed by atoms with E-state index in [1.165, 1.54) is 15.9 Å². The maximum Gasteiger partial charge on any atom is 0.342 e. The van der Waals surface area contributed by atoms with E-state index >= 15 is 0 Å². The molecule has 5 rings (SSSR count). The van der Waals surface area contributed by atoms with Crippen LogP contribution in [0.2, 0.25) is 5.02 Å². The van der Waals surface area contributed by atoms with Crippen LogP contribution in [0.15, 0.2) is 126 Å². The van der Waals surface area contributed by atoms with Crippen molar-refractivity contribution in [2.75, 3.05) is 6.61 Å². The Hall–Kier alpha value is -3.65. The molecule has 0 amide bonds. The molecule has 37 heavy (non-hydrogen) atoms. The molecule has 1 aromatic heterocycles. The van der Waals surface area contributed by atoms with Crippen LogP contribution in [-0.2, 0) is 10.9 Å². The van der Waals surface area contributed by atoms with Gasteiger partial charge in [0, 0.05) is 10.6 Å². The number of furan rings is 1. The van der Waals surface area contributed by atoms with E-state index in [4.69, 9.17) is 20.8 Å². The van der Waals surface area contributed by atoms with E-state index in [1.54, 1.807) is 6.26 Å². The minimum absolute atomic E-state index is 0.278. The fourth-order valence-corrected chi connectivity index (χ4v) is 9.04. The lowest BCUT2D eigenvalue weighted by molar-refractivity contribution is 0.0525. The van der Waals surface area contributed by atoms with Gasteiger partial charge in [0.05, 0.1) is 12.9 Å². The van der Waals surface area contributed by atoms with E-state index in [9.17, 15) is 4.79 Å². The smallest absolute Gasteiger partial charge is 0.342 e. The zero-order valence-electron chi connectivity index (χ0n) is 20.5. The average Bonchev–Trinajstić information content (AvgIpc) is 3.37. The van der Waals surface area contributed by atoms with E-state index in [0.29, 0.717) is 28.1 Å². The van der Waals surface area contributed by atoms with Crippen molar-refractivity contribution in [2.24, 2.45) is 0 Å². The summed E-state index contributed by atoms with van der Waals surface area (Å²) in [7, 11) is -2.27. The minimum atomic E-state index is -2.27. The summed E-state index contributed by atoms with van der Waals surface area (Å²) in [5.41, 5.74) is 2.03. The summed E-state index contributed by atoms with van der Waals surface area (Å²) in [5.74, 6) is 0.233. The van der Waals surface area contributed by atoms with Crippen molar-refractivity contribution in [3.05, 3.63) is 138 Å². The van der Waals surface area contributed by atoms with Gasteiger partial charge in [-0.25, -0.2) is 4.79 Å².